The second-order valence-corrected chi connectivity index (χ2v) is 12.3. The molecule has 8 heteroatoms. The molecule has 1 saturated heterocycles. The average Bonchev–Trinajstić information content (AvgIpc) is 2.52. The number of aliphatic hydroxyl groups is 4. The van der Waals surface area contributed by atoms with Gasteiger partial charge in [0.05, 0.1) is 0 Å². The summed E-state index contributed by atoms with van der Waals surface area (Å²) in [7, 11) is 0. The first kappa shape index (κ1) is 16.2. The topological polar surface area (TPSA) is 116 Å². The molecule has 1 aliphatic rings. The number of aliphatic hydroxyl groups excluding tert-OH is 4. The minimum atomic E-state index is -2.99. The molecule has 1 fully saturated rings. The van der Waals surface area contributed by atoms with Crippen LogP contribution in [-0.2, 0) is 13.2 Å². The molecule has 0 saturated carbocycles. The van der Waals surface area contributed by atoms with Gasteiger partial charge in [-0.05, 0) is 0 Å². The van der Waals surface area contributed by atoms with E-state index in [1.165, 1.54) is 0 Å². The molecular formula is C10H21AsO7. The average molecular weight is 328 g/mol. The zero-order valence-corrected chi connectivity index (χ0v) is 12.3. The van der Waals surface area contributed by atoms with Gasteiger partial charge < -0.3 is 0 Å². The first-order chi connectivity index (χ1) is 8.24. The molecule has 0 amide bonds. The van der Waals surface area contributed by atoms with E-state index in [2.05, 4.69) is 0 Å². The maximum atomic E-state index is 11.7. The van der Waals surface area contributed by atoms with Crippen LogP contribution >= 0.6 is 0 Å². The van der Waals surface area contributed by atoms with Crippen LogP contribution in [0.5, 0.6) is 0 Å². The standard InChI is InChI=1S/C10H21AsO7/c1-11(2,16)3-7-8(14)9(15)10(18-7)17-5-6(13)4-12/h6-10,12-15H,3-5H2,1-2H3/t6-,7+,8+,9+,10?/m0/s1. The fourth-order valence-corrected chi connectivity index (χ4v) is 4.15. The van der Waals surface area contributed by atoms with E-state index in [9.17, 15) is 14.0 Å². The predicted octanol–water partition coefficient (Wildman–Crippen LogP) is -1.56. The Hall–Kier alpha value is 0.118. The van der Waals surface area contributed by atoms with Crippen molar-refractivity contribution in [2.24, 2.45) is 0 Å². The Labute approximate surface area is 108 Å². The molecule has 0 aliphatic carbocycles. The quantitative estimate of drug-likeness (QED) is 0.436. The predicted molar refractivity (Wildman–Crippen MR) is 62.7 cm³/mol. The van der Waals surface area contributed by atoms with Crippen molar-refractivity contribution >= 4 is 13.5 Å². The zero-order valence-electron chi connectivity index (χ0n) is 10.5. The van der Waals surface area contributed by atoms with Gasteiger partial charge in [0.15, 0.2) is 0 Å². The fraction of sp³-hybridized carbons (Fsp3) is 1.00. The summed E-state index contributed by atoms with van der Waals surface area (Å²) in [5, 5.41) is 37.3. The van der Waals surface area contributed by atoms with E-state index >= 15 is 0 Å². The molecule has 0 aromatic heterocycles. The van der Waals surface area contributed by atoms with Crippen LogP contribution in [0.2, 0.25) is 16.6 Å². The second kappa shape index (κ2) is 6.52. The number of ether oxygens (including phenoxy) is 2. The Morgan fingerprint density at radius 2 is 1.94 bits per heavy atom. The number of rotatable bonds is 6. The number of hydrogen-bond acceptors (Lipinski definition) is 7. The molecule has 18 heavy (non-hydrogen) atoms. The fourth-order valence-electron chi connectivity index (χ4n) is 1.70. The van der Waals surface area contributed by atoms with Crippen LogP contribution in [-0.4, -0.2) is 77.8 Å². The van der Waals surface area contributed by atoms with Gasteiger partial charge in [-0.1, -0.05) is 0 Å². The molecular weight excluding hydrogens is 307 g/mol. The van der Waals surface area contributed by atoms with Crippen LogP contribution in [0, 0.1) is 0 Å². The molecule has 0 bridgehead atoms. The molecule has 0 aromatic carbocycles. The van der Waals surface area contributed by atoms with Crippen LogP contribution < -0.4 is 0 Å². The Kier molecular flexibility index (Phi) is 5.86. The third-order valence-electron chi connectivity index (χ3n) is 2.60. The SMILES string of the molecule is C[As](C)(=O)C[C@H]1OC(OC[C@@H](O)CO)[C@H](O)[C@@H]1O. The van der Waals surface area contributed by atoms with E-state index in [0.717, 1.165) is 0 Å². The minimum absolute atomic E-state index is 0.207. The van der Waals surface area contributed by atoms with Crippen LogP contribution in [0.4, 0.5) is 0 Å². The Morgan fingerprint density at radius 1 is 1.33 bits per heavy atom. The first-order valence-electron chi connectivity index (χ1n) is 5.70. The van der Waals surface area contributed by atoms with E-state index in [4.69, 9.17) is 19.7 Å². The second-order valence-electron chi connectivity index (χ2n) is 4.95. The van der Waals surface area contributed by atoms with Crippen molar-refractivity contribution in [3.63, 3.8) is 0 Å². The van der Waals surface area contributed by atoms with Crippen molar-refractivity contribution in [2.75, 3.05) is 13.2 Å². The van der Waals surface area contributed by atoms with E-state index in [0.29, 0.717) is 0 Å². The first-order valence-corrected chi connectivity index (χ1v) is 11.6. The van der Waals surface area contributed by atoms with Gasteiger partial charge in [0.25, 0.3) is 0 Å². The monoisotopic (exact) mass is 328 g/mol. The van der Waals surface area contributed by atoms with Crippen molar-refractivity contribution < 1.29 is 33.6 Å². The zero-order chi connectivity index (χ0) is 13.9. The van der Waals surface area contributed by atoms with Crippen molar-refractivity contribution in [2.45, 2.75) is 47.3 Å². The summed E-state index contributed by atoms with van der Waals surface area (Å²) in [4.78, 5) is 0. The third kappa shape index (κ3) is 4.66. The molecule has 5 atom stereocenters. The Bertz CT molecular complexity index is 305. The Balaban J connectivity index is 2.51. The van der Waals surface area contributed by atoms with Crippen molar-refractivity contribution in [1.82, 2.24) is 0 Å². The van der Waals surface area contributed by atoms with E-state index in [-0.39, 0.29) is 11.8 Å². The van der Waals surface area contributed by atoms with Crippen molar-refractivity contribution in [3.8, 4) is 0 Å². The molecule has 108 valence electrons. The molecule has 4 N–H and O–H groups in total. The molecule has 0 spiro atoms. The van der Waals surface area contributed by atoms with Gasteiger partial charge in [0.1, 0.15) is 0 Å². The molecule has 0 radical (unpaired) electrons. The summed E-state index contributed by atoms with van der Waals surface area (Å²) < 4.78 is 22.1. The molecule has 7 nitrogen and oxygen atoms in total. The number of hydrogen-bond donors (Lipinski definition) is 4. The summed E-state index contributed by atoms with van der Waals surface area (Å²) in [6, 6.07) is 0. The Morgan fingerprint density at radius 3 is 2.44 bits per heavy atom. The van der Waals surface area contributed by atoms with Gasteiger partial charge in [-0.15, -0.1) is 0 Å². The van der Waals surface area contributed by atoms with E-state index < -0.39 is 50.8 Å². The van der Waals surface area contributed by atoms with Gasteiger partial charge in [-0.3, -0.25) is 0 Å². The third-order valence-corrected chi connectivity index (χ3v) is 5.20. The molecule has 1 aliphatic heterocycles. The molecule has 1 rings (SSSR count). The van der Waals surface area contributed by atoms with Gasteiger partial charge in [0, 0.05) is 0 Å². The van der Waals surface area contributed by atoms with Crippen LogP contribution in [0.3, 0.4) is 0 Å². The normalized spacial score (nSPS) is 34.8. The maximum absolute atomic E-state index is 11.7. The molecule has 0 aromatic rings. The summed E-state index contributed by atoms with van der Waals surface area (Å²) in [5.74, 6) is 0. The molecule has 1 heterocycles. The van der Waals surface area contributed by atoms with Gasteiger partial charge in [-0.2, -0.15) is 0 Å². The van der Waals surface area contributed by atoms with Crippen molar-refractivity contribution in [1.29, 1.82) is 0 Å². The summed E-state index contributed by atoms with van der Waals surface area (Å²) in [5.41, 5.74) is 3.26. The van der Waals surface area contributed by atoms with E-state index in [1.807, 2.05) is 0 Å². The van der Waals surface area contributed by atoms with Gasteiger partial charge in [0.2, 0.25) is 0 Å². The summed E-state index contributed by atoms with van der Waals surface area (Å²) >= 11 is -2.99. The van der Waals surface area contributed by atoms with Crippen LogP contribution in [0.15, 0.2) is 0 Å². The molecule has 1 unspecified atom stereocenters. The van der Waals surface area contributed by atoms with Gasteiger partial charge >= 0.3 is 108 Å². The van der Waals surface area contributed by atoms with Gasteiger partial charge in [-0.25, -0.2) is 0 Å². The van der Waals surface area contributed by atoms with E-state index in [1.54, 1.807) is 11.4 Å². The van der Waals surface area contributed by atoms with Crippen molar-refractivity contribution in [3.05, 3.63) is 0 Å². The summed E-state index contributed by atoms with van der Waals surface area (Å²) in [6.45, 7) is -0.671. The van der Waals surface area contributed by atoms with Crippen LogP contribution in [0.1, 0.15) is 0 Å². The van der Waals surface area contributed by atoms with Crippen LogP contribution in [0.25, 0.3) is 0 Å². The summed E-state index contributed by atoms with van der Waals surface area (Å²) in [6.07, 6.45) is -5.27.